The molecule has 1 amide bonds. The summed E-state index contributed by atoms with van der Waals surface area (Å²) in [5.74, 6) is -1.24. The van der Waals surface area contributed by atoms with Crippen molar-refractivity contribution < 1.29 is 27.1 Å². The molecule has 0 aliphatic carbocycles. The minimum absolute atomic E-state index is 0.179. The van der Waals surface area contributed by atoms with Gasteiger partial charge in [-0.1, -0.05) is 12.1 Å². The average Bonchev–Trinajstić information content (AvgIpc) is 2.68. The summed E-state index contributed by atoms with van der Waals surface area (Å²) in [6.07, 6.45) is -2.31. The zero-order valence-corrected chi connectivity index (χ0v) is 14.7. The largest absolute Gasteiger partial charge is 0.574 e. The number of nitrogens with zero attached hydrogens (tertiary/aromatic N) is 2. The van der Waals surface area contributed by atoms with Crippen LogP contribution in [-0.2, 0) is 6.54 Å². The summed E-state index contributed by atoms with van der Waals surface area (Å²) >= 11 is 0. The molecule has 2 aromatic heterocycles. The quantitative estimate of drug-likeness (QED) is 0.595. The van der Waals surface area contributed by atoms with Crippen molar-refractivity contribution in [2.45, 2.75) is 12.9 Å². The molecule has 0 radical (unpaired) electrons. The smallest absolute Gasteiger partial charge is 0.388 e. The van der Waals surface area contributed by atoms with E-state index in [2.05, 4.69) is 25.3 Å². The van der Waals surface area contributed by atoms with Crippen LogP contribution in [0.15, 0.2) is 60.9 Å². The molecule has 0 saturated carbocycles. The Hall–Kier alpha value is -3.69. The Kier molecular flexibility index (Phi) is 5.91. The first-order chi connectivity index (χ1) is 13.8. The maximum atomic E-state index is 13.0. The number of carbonyl (C=O) groups excluding carboxylic acids is 1. The van der Waals surface area contributed by atoms with Crippen molar-refractivity contribution in [2.75, 3.05) is 10.6 Å². The first-order valence-corrected chi connectivity index (χ1v) is 8.27. The Bertz CT molecular complexity index is 977. The van der Waals surface area contributed by atoms with E-state index >= 15 is 0 Å². The fraction of sp³-hybridized carbons (Fsp3) is 0.105. The van der Waals surface area contributed by atoms with E-state index in [1.807, 2.05) is 0 Å². The zero-order chi connectivity index (χ0) is 20.9. The van der Waals surface area contributed by atoms with Gasteiger partial charge < -0.3 is 15.4 Å². The second kappa shape index (κ2) is 8.55. The van der Waals surface area contributed by atoms with Gasteiger partial charge in [0.1, 0.15) is 11.6 Å². The van der Waals surface area contributed by atoms with Crippen LogP contribution >= 0.6 is 0 Å². The summed E-state index contributed by atoms with van der Waals surface area (Å²) in [6.45, 7) is 0.308. The van der Waals surface area contributed by atoms with Crippen LogP contribution in [0, 0.1) is 5.82 Å². The van der Waals surface area contributed by atoms with Gasteiger partial charge in [-0.25, -0.2) is 14.4 Å². The molecule has 1 aromatic carbocycles. The van der Waals surface area contributed by atoms with Gasteiger partial charge in [0.25, 0.3) is 5.91 Å². The first-order valence-electron chi connectivity index (χ1n) is 8.27. The minimum Gasteiger partial charge on any atom is -0.388 e. The lowest BCUT2D eigenvalue weighted by Crippen LogP contribution is -2.18. The number of halogens is 4. The Morgan fingerprint density at radius 1 is 1.03 bits per heavy atom. The highest BCUT2D eigenvalue weighted by molar-refractivity contribution is 6.07. The molecule has 10 heteroatoms. The van der Waals surface area contributed by atoms with Crippen LogP contribution in [0.2, 0.25) is 0 Å². The molecule has 29 heavy (non-hydrogen) atoms. The normalized spacial score (nSPS) is 11.0. The van der Waals surface area contributed by atoms with Crippen LogP contribution in [0.1, 0.15) is 15.9 Å². The predicted molar refractivity (Wildman–Crippen MR) is 96.8 cm³/mol. The van der Waals surface area contributed by atoms with Crippen molar-refractivity contribution >= 4 is 17.4 Å². The Balaban J connectivity index is 1.67. The molecule has 150 valence electrons. The van der Waals surface area contributed by atoms with Gasteiger partial charge in [-0.3, -0.25) is 4.79 Å². The van der Waals surface area contributed by atoms with E-state index in [0.717, 1.165) is 17.8 Å². The summed E-state index contributed by atoms with van der Waals surface area (Å²) in [6, 6.07) is 11.2. The van der Waals surface area contributed by atoms with Crippen LogP contribution in [0.5, 0.6) is 5.88 Å². The van der Waals surface area contributed by atoms with Gasteiger partial charge in [0.2, 0.25) is 5.88 Å². The summed E-state index contributed by atoms with van der Waals surface area (Å²) in [5.41, 5.74) is 1.18. The van der Waals surface area contributed by atoms with Gasteiger partial charge in [0, 0.05) is 18.8 Å². The molecule has 0 spiro atoms. The molecule has 3 rings (SSSR count). The first kappa shape index (κ1) is 20.1. The van der Waals surface area contributed by atoms with E-state index in [9.17, 15) is 22.4 Å². The van der Waals surface area contributed by atoms with Gasteiger partial charge in [-0.15, -0.1) is 13.2 Å². The molecule has 0 aliphatic heterocycles. The highest BCUT2D eigenvalue weighted by Gasteiger charge is 2.31. The fourth-order valence-corrected chi connectivity index (χ4v) is 2.35. The fourth-order valence-electron chi connectivity index (χ4n) is 2.35. The van der Waals surface area contributed by atoms with Crippen molar-refractivity contribution in [1.82, 2.24) is 9.97 Å². The number of anilines is 2. The number of carbonyl (C=O) groups is 1. The lowest BCUT2D eigenvalue weighted by Gasteiger charge is -2.12. The van der Waals surface area contributed by atoms with E-state index in [0.29, 0.717) is 12.4 Å². The van der Waals surface area contributed by atoms with E-state index in [4.69, 9.17) is 0 Å². The monoisotopic (exact) mass is 406 g/mol. The molecule has 0 fully saturated rings. The van der Waals surface area contributed by atoms with E-state index in [1.165, 1.54) is 30.5 Å². The lowest BCUT2D eigenvalue weighted by molar-refractivity contribution is -0.276. The number of alkyl halides is 3. The third-order valence-corrected chi connectivity index (χ3v) is 3.64. The number of hydrogen-bond acceptors (Lipinski definition) is 5. The maximum Gasteiger partial charge on any atom is 0.574 e. The van der Waals surface area contributed by atoms with E-state index < -0.39 is 18.1 Å². The topological polar surface area (TPSA) is 76.1 Å². The number of pyridine rings is 2. The number of amides is 1. The van der Waals surface area contributed by atoms with Gasteiger partial charge in [-0.2, -0.15) is 0 Å². The van der Waals surface area contributed by atoms with Crippen molar-refractivity contribution in [2.24, 2.45) is 0 Å². The van der Waals surface area contributed by atoms with Gasteiger partial charge >= 0.3 is 6.36 Å². The molecule has 0 saturated heterocycles. The molecule has 0 aliphatic rings. The molecule has 6 nitrogen and oxygen atoms in total. The molecular weight excluding hydrogens is 392 g/mol. The van der Waals surface area contributed by atoms with Crippen LogP contribution in [0.3, 0.4) is 0 Å². The second-order valence-electron chi connectivity index (χ2n) is 5.77. The van der Waals surface area contributed by atoms with Crippen LogP contribution in [-0.4, -0.2) is 22.2 Å². The Labute approximate surface area is 162 Å². The van der Waals surface area contributed by atoms with Crippen molar-refractivity contribution in [3.05, 3.63) is 77.9 Å². The summed E-state index contributed by atoms with van der Waals surface area (Å²) in [7, 11) is 0. The number of rotatable bonds is 6. The van der Waals surface area contributed by atoms with Crippen LogP contribution < -0.4 is 15.4 Å². The SMILES string of the molecule is O=C(Nc1ccc(OC(F)(F)F)nc1)c1cccnc1NCc1ccc(F)cc1. The van der Waals surface area contributed by atoms with Crippen LogP contribution in [0.4, 0.5) is 29.1 Å². The lowest BCUT2D eigenvalue weighted by atomic mass is 10.2. The number of ether oxygens (including phenoxy) is 1. The highest BCUT2D eigenvalue weighted by Crippen LogP contribution is 2.22. The second-order valence-corrected chi connectivity index (χ2v) is 5.77. The summed E-state index contributed by atoms with van der Waals surface area (Å²) < 4.78 is 53.2. The van der Waals surface area contributed by atoms with Gasteiger partial charge in [-0.05, 0) is 35.9 Å². The summed E-state index contributed by atoms with van der Waals surface area (Å²) in [5, 5.41) is 5.52. The van der Waals surface area contributed by atoms with Crippen molar-refractivity contribution in [3.63, 3.8) is 0 Å². The third kappa shape index (κ3) is 5.89. The number of hydrogen-bond donors (Lipinski definition) is 2. The molecule has 0 atom stereocenters. The standard InChI is InChI=1S/C19H14F4N4O2/c20-13-5-3-12(4-6-13)10-26-17-15(2-1-9-24-17)18(28)27-14-7-8-16(25-11-14)29-19(21,22)23/h1-9,11H,10H2,(H,24,26)(H,27,28). The number of aromatic nitrogens is 2. The van der Waals surface area contributed by atoms with Crippen molar-refractivity contribution in [3.8, 4) is 5.88 Å². The maximum absolute atomic E-state index is 13.0. The Morgan fingerprint density at radius 3 is 2.45 bits per heavy atom. The van der Waals surface area contributed by atoms with Crippen molar-refractivity contribution in [1.29, 1.82) is 0 Å². The zero-order valence-electron chi connectivity index (χ0n) is 14.7. The molecule has 0 unspecified atom stereocenters. The highest BCUT2D eigenvalue weighted by atomic mass is 19.4. The minimum atomic E-state index is -4.85. The number of benzene rings is 1. The molecule has 2 heterocycles. The Morgan fingerprint density at radius 2 is 1.79 bits per heavy atom. The molecule has 3 aromatic rings. The van der Waals surface area contributed by atoms with Gasteiger partial charge in [0.05, 0.1) is 17.4 Å². The number of nitrogens with one attached hydrogen (secondary N) is 2. The van der Waals surface area contributed by atoms with E-state index in [1.54, 1.807) is 18.2 Å². The predicted octanol–water partition coefficient (Wildman–Crippen LogP) is 4.38. The molecular formula is C19H14F4N4O2. The molecule has 2 N–H and O–H groups in total. The van der Waals surface area contributed by atoms with E-state index in [-0.39, 0.29) is 17.1 Å². The van der Waals surface area contributed by atoms with Crippen LogP contribution in [0.25, 0.3) is 0 Å². The molecule has 0 bridgehead atoms. The third-order valence-electron chi connectivity index (χ3n) is 3.64. The summed E-state index contributed by atoms with van der Waals surface area (Å²) in [4.78, 5) is 20.1. The average molecular weight is 406 g/mol. The van der Waals surface area contributed by atoms with Gasteiger partial charge in [0.15, 0.2) is 0 Å².